The van der Waals surface area contributed by atoms with Crippen LogP contribution in [0.3, 0.4) is 0 Å². The van der Waals surface area contributed by atoms with Gasteiger partial charge in [-0.2, -0.15) is 0 Å². The minimum Gasteiger partial charge on any atom is -0.497 e. The fourth-order valence-corrected chi connectivity index (χ4v) is 4.97. The highest BCUT2D eigenvalue weighted by molar-refractivity contribution is 5.73. The van der Waals surface area contributed by atoms with Gasteiger partial charge in [-0.1, -0.05) is 54.1 Å². The number of likely N-dealkylation sites (tertiary alicyclic amines) is 1. The molecule has 34 heavy (non-hydrogen) atoms. The third-order valence-electron chi connectivity index (χ3n) is 6.74. The molecule has 5 heteroatoms. The molecule has 1 heterocycles. The van der Waals surface area contributed by atoms with Gasteiger partial charge in [0.05, 0.1) is 7.11 Å². The second-order valence-corrected chi connectivity index (χ2v) is 9.35. The predicted molar refractivity (Wildman–Crippen MR) is 133 cm³/mol. The van der Waals surface area contributed by atoms with Crippen molar-refractivity contribution in [3.05, 3.63) is 101 Å². The largest absolute Gasteiger partial charge is 0.497 e. The average Bonchev–Trinajstić information content (AvgIpc) is 3.22. The van der Waals surface area contributed by atoms with Crippen LogP contribution in [-0.4, -0.2) is 42.5 Å². The van der Waals surface area contributed by atoms with Crippen molar-refractivity contribution in [3.63, 3.8) is 0 Å². The Labute approximate surface area is 202 Å². The van der Waals surface area contributed by atoms with Crippen LogP contribution in [0.15, 0.2) is 72.8 Å². The number of carbonyl (C=O) groups is 1. The number of halogens is 1. The summed E-state index contributed by atoms with van der Waals surface area (Å²) in [5, 5.41) is 0. The molecule has 3 aromatic rings. The molecule has 1 aliphatic heterocycles. The van der Waals surface area contributed by atoms with Crippen LogP contribution < -0.4 is 4.74 Å². The molecule has 4 nitrogen and oxygen atoms in total. The minimum atomic E-state index is -0.264. The van der Waals surface area contributed by atoms with Gasteiger partial charge in [0.2, 0.25) is 5.91 Å². The number of nitrogens with zero attached hydrogens (tertiary/aromatic N) is 2. The van der Waals surface area contributed by atoms with Crippen molar-refractivity contribution in [3.8, 4) is 5.75 Å². The van der Waals surface area contributed by atoms with Crippen molar-refractivity contribution in [2.75, 3.05) is 26.7 Å². The number of amides is 1. The molecule has 0 spiro atoms. The highest BCUT2D eigenvalue weighted by Crippen LogP contribution is 2.35. The molecule has 1 saturated heterocycles. The van der Waals surface area contributed by atoms with Gasteiger partial charge >= 0.3 is 0 Å². The number of benzene rings is 3. The lowest BCUT2D eigenvalue weighted by atomic mass is 9.88. The number of methoxy groups -OCH3 is 1. The van der Waals surface area contributed by atoms with Crippen molar-refractivity contribution in [1.29, 1.82) is 0 Å². The Morgan fingerprint density at radius 2 is 1.76 bits per heavy atom. The molecule has 0 radical (unpaired) electrons. The molecule has 178 valence electrons. The highest BCUT2D eigenvalue weighted by atomic mass is 19.1. The van der Waals surface area contributed by atoms with Crippen LogP contribution in [0.4, 0.5) is 4.39 Å². The summed E-state index contributed by atoms with van der Waals surface area (Å²) < 4.78 is 18.7. The molecule has 2 atom stereocenters. The van der Waals surface area contributed by atoms with Gasteiger partial charge < -0.3 is 9.64 Å². The fourth-order valence-electron chi connectivity index (χ4n) is 4.97. The van der Waals surface area contributed by atoms with Crippen molar-refractivity contribution in [1.82, 2.24) is 9.80 Å². The monoisotopic (exact) mass is 460 g/mol. The summed E-state index contributed by atoms with van der Waals surface area (Å²) >= 11 is 0. The van der Waals surface area contributed by atoms with Crippen molar-refractivity contribution in [2.45, 2.75) is 32.9 Å². The quantitative estimate of drug-likeness (QED) is 0.451. The maximum atomic E-state index is 13.4. The standard InChI is InChI=1S/C29H33FN2O2/c1-21-5-4-6-24(15-21)16-31-18-26(29(20-31)25-9-13-28(34-3)14-10-25)19-32(22(2)33)17-23-7-11-27(30)12-8-23/h4-15,26,29H,16-20H2,1-3H3/t26-,29-/m0/s1. The van der Waals surface area contributed by atoms with E-state index in [2.05, 4.69) is 48.2 Å². The number of aryl methyl sites for hydroxylation is 1. The molecule has 0 aliphatic carbocycles. The first-order valence-corrected chi connectivity index (χ1v) is 11.8. The van der Waals surface area contributed by atoms with Gasteiger partial charge in [-0.05, 0) is 53.8 Å². The first-order chi connectivity index (χ1) is 16.4. The molecule has 1 aliphatic rings. The Balaban J connectivity index is 1.54. The van der Waals surface area contributed by atoms with Gasteiger partial charge in [-0.3, -0.25) is 9.69 Å². The molecule has 0 unspecified atom stereocenters. The van der Waals surface area contributed by atoms with Crippen LogP contribution in [0.25, 0.3) is 0 Å². The van der Waals surface area contributed by atoms with Gasteiger partial charge in [-0.15, -0.1) is 0 Å². The first kappa shape index (κ1) is 24.0. The van der Waals surface area contributed by atoms with Crippen LogP contribution in [0, 0.1) is 18.7 Å². The SMILES string of the molecule is COc1ccc([C@@H]2CN(Cc3cccc(C)c3)C[C@H]2CN(Cc2ccc(F)cc2)C(C)=O)cc1. The molecule has 1 amide bonds. The van der Waals surface area contributed by atoms with Gasteiger partial charge in [0, 0.05) is 45.6 Å². The van der Waals surface area contributed by atoms with Crippen LogP contribution in [0.5, 0.6) is 5.75 Å². The minimum absolute atomic E-state index is 0.0370. The Bertz CT molecular complexity index is 1100. The second kappa shape index (κ2) is 10.8. The van der Waals surface area contributed by atoms with E-state index in [0.29, 0.717) is 24.9 Å². The van der Waals surface area contributed by atoms with Crippen LogP contribution in [-0.2, 0) is 17.9 Å². The summed E-state index contributed by atoms with van der Waals surface area (Å²) in [6, 6.07) is 23.4. The number of hydrogen-bond donors (Lipinski definition) is 0. The Morgan fingerprint density at radius 1 is 1.03 bits per heavy atom. The lowest BCUT2D eigenvalue weighted by molar-refractivity contribution is -0.130. The van der Waals surface area contributed by atoms with Gasteiger partial charge in [0.25, 0.3) is 0 Å². The van der Waals surface area contributed by atoms with Crippen LogP contribution in [0.1, 0.15) is 35.1 Å². The Kier molecular flexibility index (Phi) is 7.63. The molecule has 4 rings (SSSR count). The zero-order chi connectivity index (χ0) is 24.1. The van der Waals surface area contributed by atoms with Crippen molar-refractivity contribution >= 4 is 5.91 Å². The smallest absolute Gasteiger partial charge is 0.219 e. The highest BCUT2D eigenvalue weighted by Gasteiger charge is 2.35. The second-order valence-electron chi connectivity index (χ2n) is 9.35. The summed E-state index contributed by atoms with van der Waals surface area (Å²) in [6.07, 6.45) is 0. The summed E-state index contributed by atoms with van der Waals surface area (Å²) in [6.45, 7) is 7.63. The van der Waals surface area contributed by atoms with E-state index in [9.17, 15) is 9.18 Å². The summed E-state index contributed by atoms with van der Waals surface area (Å²) in [4.78, 5) is 16.9. The molecule has 0 bridgehead atoms. The molecule has 3 aromatic carbocycles. The normalized spacial score (nSPS) is 18.1. The van der Waals surface area contributed by atoms with Crippen molar-refractivity contribution < 1.29 is 13.9 Å². The number of hydrogen-bond acceptors (Lipinski definition) is 3. The molecule has 0 N–H and O–H groups in total. The topological polar surface area (TPSA) is 32.8 Å². The maximum Gasteiger partial charge on any atom is 0.219 e. The Morgan fingerprint density at radius 3 is 2.41 bits per heavy atom. The zero-order valence-corrected chi connectivity index (χ0v) is 20.2. The molecule has 0 saturated carbocycles. The Hall–Kier alpha value is -3.18. The van der Waals surface area contributed by atoms with E-state index >= 15 is 0 Å². The summed E-state index contributed by atoms with van der Waals surface area (Å²) in [5.74, 6) is 1.22. The van der Waals surface area contributed by atoms with E-state index in [0.717, 1.165) is 30.9 Å². The number of carbonyl (C=O) groups excluding carboxylic acids is 1. The van der Waals surface area contributed by atoms with Gasteiger partial charge in [0.15, 0.2) is 0 Å². The number of ether oxygens (including phenoxy) is 1. The third kappa shape index (κ3) is 6.03. The predicted octanol–water partition coefficient (Wildman–Crippen LogP) is 5.41. The van der Waals surface area contributed by atoms with E-state index in [1.54, 1.807) is 26.2 Å². The van der Waals surface area contributed by atoms with E-state index in [4.69, 9.17) is 4.74 Å². The van der Waals surface area contributed by atoms with Gasteiger partial charge in [-0.25, -0.2) is 4.39 Å². The van der Waals surface area contributed by atoms with Crippen molar-refractivity contribution in [2.24, 2.45) is 5.92 Å². The number of rotatable bonds is 8. The van der Waals surface area contributed by atoms with Crippen LogP contribution >= 0.6 is 0 Å². The molecule has 0 aromatic heterocycles. The fraction of sp³-hybridized carbons (Fsp3) is 0.345. The van der Waals surface area contributed by atoms with E-state index in [1.165, 1.54) is 28.8 Å². The lowest BCUT2D eigenvalue weighted by Gasteiger charge is -2.28. The third-order valence-corrected chi connectivity index (χ3v) is 6.74. The maximum absolute atomic E-state index is 13.4. The zero-order valence-electron chi connectivity index (χ0n) is 20.2. The first-order valence-electron chi connectivity index (χ1n) is 11.8. The average molecular weight is 461 g/mol. The molecule has 1 fully saturated rings. The molecular formula is C29H33FN2O2. The van der Waals surface area contributed by atoms with E-state index in [-0.39, 0.29) is 11.7 Å². The van der Waals surface area contributed by atoms with E-state index in [1.807, 2.05) is 17.0 Å². The summed E-state index contributed by atoms with van der Waals surface area (Å²) in [5.41, 5.74) is 4.78. The van der Waals surface area contributed by atoms with Crippen LogP contribution in [0.2, 0.25) is 0 Å². The van der Waals surface area contributed by atoms with E-state index < -0.39 is 0 Å². The molecular weight excluding hydrogens is 427 g/mol. The van der Waals surface area contributed by atoms with Gasteiger partial charge in [0.1, 0.15) is 11.6 Å². The lowest BCUT2D eigenvalue weighted by Crippen LogP contribution is -2.35. The summed E-state index contributed by atoms with van der Waals surface area (Å²) in [7, 11) is 1.68.